The Labute approximate surface area is 118 Å². The minimum absolute atomic E-state index is 0.554. The first-order valence-electron chi connectivity index (χ1n) is 6.75. The fraction of sp³-hybridized carbons (Fsp3) is 0.176. The lowest BCUT2D eigenvalue weighted by molar-refractivity contribution is 0.305. The van der Waals surface area contributed by atoms with Crippen LogP contribution in [0.15, 0.2) is 48.7 Å². The lowest BCUT2D eigenvalue weighted by Crippen LogP contribution is -1.97. The summed E-state index contributed by atoms with van der Waals surface area (Å²) in [7, 11) is 0. The van der Waals surface area contributed by atoms with Crippen LogP contribution in [0.3, 0.4) is 0 Å². The minimum Gasteiger partial charge on any atom is -0.489 e. The topological polar surface area (TPSA) is 51.0 Å². The first kappa shape index (κ1) is 12.8. The van der Waals surface area contributed by atoms with E-state index < -0.39 is 0 Å². The number of benzene rings is 2. The summed E-state index contributed by atoms with van der Waals surface area (Å²) in [6, 6.07) is 14.3. The Balaban J connectivity index is 1.86. The molecule has 1 heterocycles. The first-order chi connectivity index (χ1) is 9.78. The van der Waals surface area contributed by atoms with Crippen molar-refractivity contribution in [1.82, 2.24) is 4.98 Å². The smallest absolute Gasteiger partial charge is 0.122 e. The van der Waals surface area contributed by atoms with Gasteiger partial charge in [-0.05, 0) is 36.2 Å². The number of nitrogens with one attached hydrogen (secondary N) is 1. The highest BCUT2D eigenvalue weighted by Gasteiger charge is 2.06. The van der Waals surface area contributed by atoms with Gasteiger partial charge in [0, 0.05) is 29.2 Å². The van der Waals surface area contributed by atoms with Crippen LogP contribution in [0.2, 0.25) is 0 Å². The molecule has 0 spiro atoms. The van der Waals surface area contributed by atoms with Crippen molar-refractivity contribution in [3.05, 3.63) is 65.4 Å². The molecule has 0 unspecified atom stereocenters. The van der Waals surface area contributed by atoms with Gasteiger partial charge in [0.05, 0.1) is 0 Å². The molecule has 3 nitrogen and oxygen atoms in total. The summed E-state index contributed by atoms with van der Waals surface area (Å²) in [5.74, 6) is 0.928. The number of aromatic amines is 1. The Morgan fingerprint density at radius 2 is 2.00 bits per heavy atom. The van der Waals surface area contributed by atoms with Crippen molar-refractivity contribution in [2.75, 3.05) is 0 Å². The second-order valence-corrected chi connectivity index (χ2v) is 4.95. The van der Waals surface area contributed by atoms with Crippen LogP contribution in [0.1, 0.15) is 16.7 Å². The summed E-state index contributed by atoms with van der Waals surface area (Å²) < 4.78 is 5.91. The average Bonchev–Trinajstić information content (AvgIpc) is 2.88. The van der Waals surface area contributed by atoms with E-state index in [9.17, 15) is 0 Å². The van der Waals surface area contributed by atoms with Crippen LogP contribution in [0.4, 0.5) is 0 Å². The highest BCUT2D eigenvalue weighted by atomic mass is 16.5. The van der Waals surface area contributed by atoms with Gasteiger partial charge in [0.2, 0.25) is 0 Å². The molecule has 0 bridgehead atoms. The lowest BCUT2D eigenvalue weighted by Gasteiger charge is -2.08. The number of aryl methyl sites for hydroxylation is 1. The molecule has 0 aliphatic rings. The number of hydrogen-bond acceptors (Lipinski definition) is 2. The van der Waals surface area contributed by atoms with Crippen molar-refractivity contribution >= 4 is 10.9 Å². The van der Waals surface area contributed by atoms with Gasteiger partial charge >= 0.3 is 0 Å². The fourth-order valence-corrected chi connectivity index (χ4v) is 2.35. The van der Waals surface area contributed by atoms with Gasteiger partial charge in [-0.25, -0.2) is 0 Å². The maximum Gasteiger partial charge on any atom is 0.122 e. The van der Waals surface area contributed by atoms with Gasteiger partial charge < -0.3 is 15.5 Å². The predicted octanol–water partition coefficient (Wildman–Crippen LogP) is 3.51. The average molecular weight is 266 g/mol. The fourth-order valence-electron chi connectivity index (χ4n) is 2.35. The number of ether oxygens (including phenoxy) is 1. The van der Waals surface area contributed by atoms with E-state index in [1.807, 2.05) is 30.5 Å². The normalized spacial score (nSPS) is 10.9. The van der Waals surface area contributed by atoms with E-state index in [2.05, 4.69) is 30.1 Å². The van der Waals surface area contributed by atoms with Gasteiger partial charge in [-0.15, -0.1) is 0 Å². The third-order valence-electron chi connectivity index (χ3n) is 3.54. The van der Waals surface area contributed by atoms with Crippen molar-refractivity contribution in [1.29, 1.82) is 0 Å². The minimum atomic E-state index is 0.554. The zero-order valence-electron chi connectivity index (χ0n) is 11.5. The number of H-pyrrole nitrogens is 1. The zero-order chi connectivity index (χ0) is 13.9. The maximum atomic E-state index is 5.91. The molecule has 0 saturated heterocycles. The lowest BCUT2D eigenvalue weighted by atomic mass is 10.1. The summed E-state index contributed by atoms with van der Waals surface area (Å²) in [5, 5.41) is 1.18. The number of para-hydroxylation sites is 1. The molecule has 102 valence electrons. The van der Waals surface area contributed by atoms with Gasteiger partial charge in [0.1, 0.15) is 12.4 Å². The maximum absolute atomic E-state index is 5.91. The van der Waals surface area contributed by atoms with Crippen molar-refractivity contribution in [3.8, 4) is 5.75 Å². The van der Waals surface area contributed by atoms with E-state index >= 15 is 0 Å². The molecule has 20 heavy (non-hydrogen) atoms. The largest absolute Gasteiger partial charge is 0.489 e. The Kier molecular flexibility index (Phi) is 3.44. The molecule has 3 N–H and O–H groups in total. The summed E-state index contributed by atoms with van der Waals surface area (Å²) in [6.45, 7) is 3.16. The number of aromatic nitrogens is 1. The van der Waals surface area contributed by atoms with Gasteiger partial charge in [-0.3, -0.25) is 0 Å². The molecular weight excluding hydrogens is 248 g/mol. The van der Waals surface area contributed by atoms with Gasteiger partial charge in [-0.2, -0.15) is 0 Å². The number of fused-ring (bicyclic) bond motifs is 1. The van der Waals surface area contributed by atoms with E-state index in [1.54, 1.807) is 0 Å². The number of hydrogen-bond donors (Lipinski definition) is 2. The summed E-state index contributed by atoms with van der Waals surface area (Å²) in [5.41, 5.74) is 10.3. The Bertz CT molecular complexity index is 731. The van der Waals surface area contributed by atoms with E-state index in [-0.39, 0.29) is 0 Å². The van der Waals surface area contributed by atoms with Crippen LogP contribution in [0, 0.1) is 6.92 Å². The highest BCUT2D eigenvalue weighted by molar-refractivity contribution is 5.83. The van der Waals surface area contributed by atoms with Crippen LogP contribution in [0.5, 0.6) is 5.75 Å². The SMILES string of the molecule is Cc1ccccc1OCc1c[nH]c2ccc(CN)cc12. The van der Waals surface area contributed by atoms with Crippen molar-refractivity contribution < 1.29 is 4.74 Å². The van der Waals surface area contributed by atoms with Crippen LogP contribution in [-0.2, 0) is 13.2 Å². The second-order valence-electron chi connectivity index (χ2n) is 4.95. The van der Waals surface area contributed by atoms with E-state index in [0.717, 1.165) is 28.0 Å². The van der Waals surface area contributed by atoms with E-state index in [4.69, 9.17) is 10.5 Å². The van der Waals surface area contributed by atoms with Gasteiger partial charge in [0.25, 0.3) is 0 Å². The summed E-state index contributed by atoms with van der Waals surface area (Å²) in [6.07, 6.45) is 2.00. The number of nitrogens with two attached hydrogens (primary N) is 1. The standard InChI is InChI=1S/C17H18N2O/c1-12-4-2-3-5-17(12)20-11-14-10-19-16-7-6-13(9-18)8-15(14)16/h2-8,10,19H,9,11,18H2,1H3. The van der Waals surface area contributed by atoms with Gasteiger partial charge in [-0.1, -0.05) is 24.3 Å². The summed E-state index contributed by atoms with van der Waals surface area (Å²) >= 11 is 0. The number of rotatable bonds is 4. The molecule has 0 saturated carbocycles. The second kappa shape index (κ2) is 5.39. The van der Waals surface area contributed by atoms with Crippen molar-refractivity contribution in [3.63, 3.8) is 0 Å². The van der Waals surface area contributed by atoms with Crippen molar-refractivity contribution in [2.24, 2.45) is 5.73 Å². The molecule has 0 amide bonds. The monoisotopic (exact) mass is 266 g/mol. The van der Waals surface area contributed by atoms with Crippen molar-refractivity contribution in [2.45, 2.75) is 20.1 Å². The van der Waals surface area contributed by atoms with Crippen LogP contribution >= 0.6 is 0 Å². The predicted molar refractivity (Wildman–Crippen MR) is 81.7 cm³/mol. The third-order valence-corrected chi connectivity index (χ3v) is 3.54. The Morgan fingerprint density at radius 1 is 1.15 bits per heavy atom. The molecule has 3 aromatic rings. The molecule has 0 aliphatic heterocycles. The van der Waals surface area contributed by atoms with Crippen LogP contribution in [-0.4, -0.2) is 4.98 Å². The van der Waals surface area contributed by atoms with Crippen LogP contribution < -0.4 is 10.5 Å². The Hall–Kier alpha value is -2.26. The molecule has 0 atom stereocenters. The molecule has 3 rings (SSSR count). The zero-order valence-corrected chi connectivity index (χ0v) is 11.5. The van der Waals surface area contributed by atoms with E-state index in [1.165, 1.54) is 5.39 Å². The molecule has 0 radical (unpaired) electrons. The molecular formula is C17H18N2O. The first-order valence-corrected chi connectivity index (χ1v) is 6.75. The molecule has 2 aromatic carbocycles. The molecule has 0 aliphatic carbocycles. The van der Waals surface area contributed by atoms with E-state index in [0.29, 0.717) is 13.2 Å². The highest BCUT2D eigenvalue weighted by Crippen LogP contribution is 2.23. The molecule has 3 heteroatoms. The Morgan fingerprint density at radius 3 is 2.80 bits per heavy atom. The molecule has 0 fully saturated rings. The quantitative estimate of drug-likeness (QED) is 0.759. The molecule has 1 aromatic heterocycles. The van der Waals surface area contributed by atoms with Gasteiger partial charge in [0.15, 0.2) is 0 Å². The summed E-state index contributed by atoms with van der Waals surface area (Å²) in [4.78, 5) is 3.27. The van der Waals surface area contributed by atoms with Crippen LogP contribution in [0.25, 0.3) is 10.9 Å². The third kappa shape index (κ3) is 2.40.